The molecule has 0 aliphatic carbocycles. The second kappa shape index (κ2) is 5.91. The first-order valence-electron chi connectivity index (χ1n) is 6.04. The van der Waals surface area contributed by atoms with Gasteiger partial charge in [-0.2, -0.15) is 0 Å². The maximum Gasteiger partial charge on any atom is 0.239 e. The van der Waals surface area contributed by atoms with Gasteiger partial charge in [0.2, 0.25) is 5.91 Å². The zero-order valence-electron chi connectivity index (χ0n) is 10.7. The van der Waals surface area contributed by atoms with E-state index in [0.29, 0.717) is 0 Å². The maximum atomic E-state index is 10.9. The van der Waals surface area contributed by atoms with E-state index in [0.717, 1.165) is 17.2 Å². The van der Waals surface area contributed by atoms with Crippen molar-refractivity contribution in [2.75, 3.05) is 5.32 Å². The lowest BCUT2D eigenvalue weighted by molar-refractivity contribution is -0.118. The minimum atomic E-state index is -0.402. The normalized spacial score (nSPS) is 11.6. The molecule has 0 aliphatic heterocycles. The molecule has 0 spiro atoms. The Hall–Kier alpha value is -2.49. The summed E-state index contributed by atoms with van der Waals surface area (Å²) in [5, 5.41) is 3.00. The molecule has 0 saturated carbocycles. The average molecular weight is 256 g/mol. The Labute approximate surface area is 112 Å². The van der Waals surface area contributed by atoms with Crippen LogP contribution in [-0.4, -0.2) is 11.9 Å². The Bertz CT molecular complexity index is 538. The fraction of sp³-hybridized carbons (Fsp3) is 0.133. The fourth-order valence-electron chi connectivity index (χ4n) is 1.56. The van der Waals surface area contributed by atoms with Gasteiger partial charge in [0.05, 0.1) is 0 Å². The zero-order chi connectivity index (χ0) is 13.7. The predicted molar refractivity (Wildman–Crippen MR) is 75.2 cm³/mol. The van der Waals surface area contributed by atoms with Crippen molar-refractivity contribution < 1.29 is 9.53 Å². The van der Waals surface area contributed by atoms with E-state index in [2.05, 4.69) is 5.32 Å². The molecular formula is C15H16N2O2. The summed E-state index contributed by atoms with van der Waals surface area (Å²) >= 11 is 0. The third kappa shape index (κ3) is 3.74. The topological polar surface area (TPSA) is 64.3 Å². The van der Waals surface area contributed by atoms with Crippen molar-refractivity contribution in [3.05, 3.63) is 54.6 Å². The molecule has 0 bridgehead atoms. The van der Waals surface area contributed by atoms with Crippen molar-refractivity contribution in [2.45, 2.75) is 13.0 Å². The number of amides is 1. The summed E-state index contributed by atoms with van der Waals surface area (Å²) in [7, 11) is 0. The summed E-state index contributed by atoms with van der Waals surface area (Å²) < 4.78 is 5.67. The Kier molecular flexibility index (Phi) is 4.03. The summed E-state index contributed by atoms with van der Waals surface area (Å²) in [5.74, 6) is 1.14. The van der Waals surface area contributed by atoms with Gasteiger partial charge < -0.3 is 15.8 Å². The quantitative estimate of drug-likeness (QED) is 0.864. The number of hydrogen-bond donors (Lipinski definition) is 2. The van der Waals surface area contributed by atoms with E-state index in [4.69, 9.17) is 10.5 Å². The van der Waals surface area contributed by atoms with E-state index in [1.165, 1.54) is 0 Å². The standard InChI is InChI=1S/C15H16N2O2/c1-11(15(16)18)17-12-7-9-14(10-8-12)19-13-5-3-2-4-6-13/h2-11,17H,1H3,(H2,16,18). The third-order valence-corrected chi connectivity index (χ3v) is 2.64. The molecule has 19 heavy (non-hydrogen) atoms. The smallest absolute Gasteiger partial charge is 0.239 e. The minimum Gasteiger partial charge on any atom is -0.457 e. The molecule has 4 nitrogen and oxygen atoms in total. The molecule has 1 unspecified atom stereocenters. The van der Waals surface area contributed by atoms with Gasteiger partial charge in [-0.25, -0.2) is 0 Å². The maximum absolute atomic E-state index is 10.9. The predicted octanol–water partition coefficient (Wildman–Crippen LogP) is 2.76. The van der Waals surface area contributed by atoms with Crippen molar-refractivity contribution in [2.24, 2.45) is 5.73 Å². The molecule has 0 saturated heterocycles. The molecule has 0 heterocycles. The molecule has 0 aromatic heterocycles. The summed E-state index contributed by atoms with van der Waals surface area (Å²) in [4.78, 5) is 10.9. The molecular weight excluding hydrogens is 240 g/mol. The number of hydrogen-bond acceptors (Lipinski definition) is 3. The highest BCUT2D eigenvalue weighted by atomic mass is 16.5. The highest BCUT2D eigenvalue weighted by molar-refractivity contribution is 5.82. The van der Waals surface area contributed by atoms with Crippen LogP contribution in [0.3, 0.4) is 0 Å². The summed E-state index contributed by atoms with van der Waals surface area (Å²) in [6, 6.07) is 16.5. The van der Waals surface area contributed by atoms with E-state index in [1.54, 1.807) is 6.92 Å². The lowest BCUT2D eigenvalue weighted by Gasteiger charge is -2.12. The second-order valence-corrected chi connectivity index (χ2v) is 4.21. The first-order chi connectivity index (χ1) is 9.15. The van der Waals surface area contributed by atoms with Crippen molar-refractivity contribution in [3.63, 3.8) is 0 Å². The summed E-state index contributed by atoms with van der Waals surface area (Å²) in [6.45, 7) is 1.72. The molecule has 2 rings (SSSR count). The van der Waals surface area contributed by atoms with Gasteiger partial charge >= 0.3 is 0 Å². The highest BCUT2D eigenvalue weighted by Crippen LogP contribution is 2.22. The van der Waals surface area contributed by atoms with E-state index in [1.807, 2.05) is 54.6 Å². The SMILES string of the molecule is CC(Nc1ccc(Oc2ccccc2)cc1)C(N)=O. The average Bonchev–Trinajstić information content (AvgIpc) is 2.42. The van der Waals surface area contributed by atoms with Crippen LogP contribution in [0.15, 0.2) is 54.6 Å². The number of para-hydroxylation sites is 1. The van der Waals surface area contributed by atoms with Crippen LogP contribution < -0.4 is 15.8 Å². The van der Waals surface area contributed by atoms with Gasteiger partial charge in [-0.1, -0.05) is 18.2 Å². The van der Waals surface area contributed by atoms with Crippen molar-refractivity contribution >= 4 is 11.6 Å². The number of benzene rings is 2. The molecule has 98 valence electrons. The molecule has 4 heteroatoms. The van der Waals surface area contributed by atoms with Crippen molar-refractivity contribution in [3.8, 4) is 11.5 Å². The van der Waals surface area contributed by atoms with Gasteiger partial charge in [0.15, 0.2) is 0 Å². The monoisotopic (exact) mass is 256 g/mol. The first kappa shape index (κ1) is 13.0. The minimum absolute atomic E-state index is 0.385. The molecule has 3 N–H and O–H groups in total. The van der Waals surface area contributed by atoms with Crippen LogP contribution in [0.5, 0.6) is 11.5 Å². The summed E-state index contributed by atoms with van der Waals surface area (Å²) in [5.41, 5.74) is 6.02. The third-order valence-electron chi connectivity index (χ3n) is 2.64. The second-order valence-electron chi connectivity index (χ2n) is 4.21. The Morgan fingerprint density at radius 3 is 2.21 bits per heavy atom. The molecule has 0 radical (unpaired) electrons. The fourth-order valence-corrected chi connectivity index (χ4v) is 1.56. The van der Waals surface area contributed by atoms with Gasteiger partial charge in [0.25, 0.3) is 0 Å². The van der Waals surface area contributed by atoms with E-state index < -0.39 is 6.04 Å². The van der Waals surface area contributed by atoms with Gasteiger partial charge in [0.1, 0.15) is 17.5 Å². The number of nitrogens with one attached hydrogen (secondary N) is 1. The van der Waals surface area contributed by atoms with Crippen LogP contribution in [0.2, 0.25) is 0 Å². The van der Waals surface area contributed by atoms with Crippen LogP contribution in [0, 0.1) is 0 Å². The van der Waals surface area contributed by atoms with Crippen molar-refractivity contribution in [1.29, 1.82) is 0 Å². The number of carbonyl (C=O) groups excluding carboxylic acids is 1. The van der Waals surface area contributed by atoms with Crippen LogP contribution in [0.1, 0.15) is 6.92 Å². The molecule has 1 atom stereocenters. The molecule has 1 amide bonds. The Morgan fingerprint density at radius 2 is 1.63 bits per heavy atom. The number of anilines is 1. The van der Waals surface area contributed by atoms with Gasteiger partial charge in [-0.3, -0.25) is 4.79 Å². The summed E-state index contributed by atoms with van der Waals surface area (Å²) in [6.07, 6.45) is 0. The first-order valence-corrected chi connectivity index (χ1v) is 6.04. The van der Waals surface area contributed by atoms with Crippen LogP contribution in [0.25, 0.3) is 0 Å². The van der Waals surface area contributed by atoms with Crippen LogP contribution in [0.4, 0.5) is 5.69 Å². The van der Waals surface area contributed by atoms with Gasteiger partial charge in [0, 0.05) is 5.69 Å². The van der Waals surface area contributed by atoms with Crippen LogP contribution in [-0.2, 0) is 4.79 Å². The number of nitrogens with two attached hydrogens (primary N) is 1. The zero-order valence-corrected chi connectivity index (χ0v) is 10.7. The van der Waals surface area contributed by atoms with E-state index in [9.17, 15) is 4.79 Å². The van der Waals surface area contributed by atoms with Crippen LogP contribution >= 0.6 is 0 Å². The number of carbonyl (C=O) groups is 1. The number of rotatable bonds is 5. The highest BCUT2D eigenvalue weighted by Gasteiger charge is 2.07. The Balaban J connectivity index is 2.01. The van der Waals surface area contributed by atoms with Gasteiger partial charge in [-0.05, 0) is 43.3 Å². The number of primary amides is 1. The molecule has 0 aliphatic rings. The largest absolute Gasteiger partial charge is 0.457 e. The van der Waals surface area contributed by atoms with Crippen molar-refractivity contribution in [1.82, 2.24) is 0 Å². The van der Waals surface area contributed by atoms with E-state index >= 15 is 0 Å². The molecule has 2 aromatic carbocycles. The molecule has 0 fully saturated rings. The molecule has 2 aromatic rings. The Morgan fingerprint density at radius 1 is 1.05 bits per heavy atom. The van der Waals surface area contributed by atoms with Gasteiger partial charge in [-0.15, -0.1) is 0 Å². The lowest BCUT2D eigenvalue weighted by atomic mass is 10.2. The van der Waals surface area contributed by atoms with E-state index in [-0.39, 0.29) is 5.91 Å². The lowest BCUT2D eigenvalue weighted by Crippen LogP contribution is -2.32. The number of ether oxygens (including phenoxy) is 1.